The summed E-state index contributed by atoms with van der Waals surface area (Å²) in [5.41, 5.74) is 5.64. The number of amides is 1. The molecule has 1 saturated heterocycles. The van der Waals surface area contributed by atoms with Crippen LogP contribution in [0.5, 0.6) is 5.75 Å². The van der Waals surface area contributed by atoms with E-state index in [4.69, 9.17) is 0 Å². The first-order chi connectivity index (χ1) is 13.8. The van der Waals surface area contributed by atoms with Crippen LogP contribution in [-0.4, -0.2) is 34.2 Å². The molecule has 1 spiro atoms. The van der Waals surface area contributed by atoms with Gasteiger partial charge >= 0.3 is 0 Å². The van der Waals surface area contributed by atoms with E-state index >= 15 is 0 Å². The Morgan fingerprint density at radius 2 is 1.90 bits per heavy atom. The van der Waals surface area contributed by atoms with Gasteiger partial charge in [-0.25, -0.2) is 0 Å². The molecule has 0 aromatic heterocycles. The van der Waals surface area contributed by atoms with Crippen molar-refractivity contribution in [1.82, 2.24) is 4.90 Å². The zero-order chi connectivity index (χ0) is 20.4. The molecule has 2 aliphatic heterocycles. The highest BCUT2D eigenvalue weighted by atomic mass is 16.3. The topological polar surface area (TPSA) is 52.9 Å². The number of carbonyl (C=O) groups is 1. The zero-order valence-electron chi connectivity index (χ0n) is 16.9. The molecule has 0 saturated carbocycles. The second-order valence-electron chi connectivity index (χ2n) is 9.15. The molecule has 2 aromatic rings. The molecule has 2 heterocycles. The average Bonchev–Trinajstić information content (AvgIpc) is 3.24. The molecule has 1 atom stereocenters. The van der Waals surface area contributed by atoms with E-state index in [0.717, 1.165) is 33.5 Å². The number of likely N-dealkylation sites (tertiary alicyclic amines) is 1. The maximum absolute atomic E-state index is 13.1. The highest BCUT2D eigenvalue weighted by molar-refractivity contribution is 6.26. The number of hydrogen-bond donors (Lipinski definition) is 1. The van der Waals surface area contributed by atoms with Crippen molar-refractivity contribution in [1.29, 1.82) is 0 Å². The quantitative estimate of drug-likeness (QED) is 0.690. The van der Waals surface area contributed by atoms with Crippen molar-refractivity contribution in [2.24, 2.45) is 10.4 Å². The van der Waals surface area contributed by atoms with Gasteiger partial charge in [0.15, 0.2) is 0 Å². The van der Waals surface area contributed by atoms with Crippen molar-refractivity contribution in [3.05, 3.63) is 65.2 Å². The van der Waals surface area contributed by atoms with Gasteiger partial charge in [0.1, 0.15) is 5.75 Å². The molecule has 5 rings (SSSR count). The van der Waals surface area contributed by atoms with Gasteiger partial charge in [-0.05, 0) is 55.7 Å². The predicted octanol–water partition coefficient (Wildman–Crippen LogP) is 5.06. The van der Waals surface area contributed by atoms with Crippen molar-refractivity contribution < 1.29 is 9.90 Å². The van der Waals surface area contributed by atoms with Gasteiger partial charge in [0.05, 0.1) is 5.69 Å². The maximum atomic E-state index is 13.1. The number of nitrogens with zero attached hydrogens (tertiary/aromatic N) is 2. The molecule has 1 aliphatic carbocycles. The van der Waals surface area contributed by atoms with Gasteiger partial charge in [-0.3, -0.25) is 9.79 Å². The van der Waals surface area contributed by atoms with Crippen molar-refractivity contribution in [3.8, 4) is 5.75 Å². The SMILES string of the molecule is CC(C)(C)N1C[C@@]2(C=Cc3cc(O)ccc3/C2=C2/C=Nc3ccccc32)CC1=O. The Bertz CT molecular complexity index is 1130. The van der Waals surface area contributed by atoms with Crippen molar-refractivity contribution >= 4 is 35.0 Å². The number of para-hydroxylation sites is 1. The van der Waals surface area contributed by atoms with Crippen LogP contribution in [0, 0.1) is 5.41 Å². The Kier molecular flexibility index (Phi) is 3.66. The van der Waals surface area contributed by atoms with Gasteiger partial charge in [0.25, 0.3) is 0 Å². The Balaban J connectivity index is 1.78. The lowest BCUT2D eigenvalue weighted by atomic mass is 9.68. The summed E-state index contributed by atoms with van der Waals surface area (Å²) in [5, 5.41) is 10.0. The van der Waals surface area contributed by atoms with Crippen LogP contribution in [0.2, 0.25) is 0 Å². The number of aliphatic imine (C=N–C) groups is 1. The van der Waals surface area contributed by atoms with Crippen LogP contribution in [0.3, 0.4) is 0 Å². The molecule has 0 unspecified atom stereocenters. The number of aromatic hydroxyl groups is 1. The van der Waals surface area contributed by atoms with Gasteiger partial charge in [-0.15, -0.1) is 0 Å². The smallest absolute Gasteiger partial charge is 0.224 e. The fourth-order valence-corrected chi connectivity index (χ4v) is 4.83. The van der Waals surface area contributed by atoms with Crippen molar-refractivity contribution in [3.63, 3.8) is 0 Å². The van der Waals surface area contributed by atoms with Gasteiger partial charge in [0, 0.05) is 41.3 Å². The molecule has 2 aromatic carbocycles. The van der Waals surface area contributed by atoms with Crippen LogP contribution in [0.15, 0.2) is 53.5 Å². The number of allylic oxidation sites excluding steroid dienone is 1. The Morgan fingerprint density at radius 3 is 2.66 bits per heavy atom. The lowest BCUT2D eigenvalue weighted by molar-refractivity contribution is -0.131. The summed E-state index contributed by atoms with van der Waals surface area (Å²) in [6, 6.07) is 13.6. The fourth-order valence-electron chi connectivity index (χ4n) is 4.83. The molecular formula is C25H24N2O2. The van der Waals surface area contributed by atoms with E-state index in [-0.39, 0.29) is 17.2 Å². The van der Waals surface area contributed by atoms with Gasteiger partial charge < -0.3 is 10.0 Å². The van der Waals surface area contributed by atoms with E-state index in [0.29, 0.717) is 13.0 Å². The number of benzene rings is 2. The monoisotopic (exact) mass is 384 g/mol. The van der Waals surface area contributed by atoms with Crippen LogP contribution in [-0.2, 0) is 4.79 Å². The summed E-state index contributed by atoms with van der Waals surface area (Å²) < 4.78 is 0. The number of fused-ring (bicyclic) bond motifs is 2. The highest BCUT2D eigenvalue weighted by Gasteiger charge is 2.50. The number of carbonyl (C=O) groups excluding carboxylic acids is 1. The predicted molar refractivity (Wildman–Crippen MR) is 117 cm³/mol. The Labute approximate surface area is 170 Å². The Hall–Kier alpha value is -3.14. The van der Waals surface area contributed by atoms with E-state index in [1.54, 1.807) is 12.1 Å². The van der Waals surface area contributed by atoms with E-state index in [1.165, 1.54) is 0 Å². The number of phenolic OH excluding ortho intramolecular Hbond substituents is 1. The Morgan fingerprint density at radius 1 is 1.10 bits per heavy atom. The molecule has 0 bridgehead atoms. The molecule has 4 nitrogen and oxygen atoms in total. The second-order valence-corrected chi connectivity index (χ2v) is 9.15. The van der Waals surface area contributed by atoms with E-state index < -0.39 is 5.41 Å². The third kappa shape index (κ3) is 2.66. The van der Waals surface area contributed by atoms with Crippen LogP contribution in [0.4, 0.5) is 5.69 Å². The average molecular weight is 384 g/mol. The first-order valence-corrected chi connectivity index (χ1v) is 10.00. The van der Waals surface area contributed by atoms with E-state index in [9.17, 15) is 9.90 Å². The number of rotatable bonds is 0. The fraction of sp³-hybridized carbons (Fsp3) is 0.280. The minimum atomic E-state index is -0.410. The molecule has 146 valence electrons. The minimum absolute atomic E-state index is 0.172. The largest absolute Gasteiger partial charge is 0.508 e. The molecule has 4 heteroatoms. The zero-order valence-corrected chi connectivity index (χ0v) is 16.9. The first kappa shape index (κ1) is 17.9. The summed E-state index contributed by atoms with van der Waals surface area (Å²) in [6.07, 6.45) is 6.59. The van der Waals surface area contributed by atoms with Gasteiger partial charge in [-0.1, -0.05) is 36.4 Å². The third-order valence-electron chi connectivity index (χ3n) is 6.20. The highest BCUT2D eigenvalue weighted by Crippen LogP contribution is 2.54. The second kappa shape index (κ2) is 5.93. The van der Waals surface area contributed by atoms with Crippen molar-refractivity contribution in [2.75, 3.05) is 6.54 Å². The van der Waals surface area contributed by atoms with Crippen LogP contribution >= 0.6 is 0 Å². The summed E-state index contributed by atoms with van der Waals surface area (Å²) in [7, 11) is 0. The van der Waals surface area contributed by atoms with Crippen LogP contribution < -0.4 is 0 Å². The maximum Gasteiger partial charge on any atom is 0.224 e. The molecular weight excluding hydrogens is 360 g/mol. The summed E-state index contributed by atoms with van der Waals surface area (Å²) in [4.78, 5) is 19.7. The summed E-state index contributed by atoms with van der Waals surface area (Å²) in [5.74, 6) is 0.415. The number of hydrogen-bond acceptors (Lipinski definition) is 3. The molecule has 3 aliphatic rings. The summed E-state index contributed by atoms with van der Waals surface area (Å²) >= 11 is 0. The third-order valence-corrected chi connectivity index (χ3v) is 6.20. The van der Waals surface area contributed by atoms with E-state index in [1.807, 2.05) is 35.4 Å². The molecule has 0 radical (unpaired) electrons. The first-order valence-electron chi connectivity index (χ1n) is 10.00. The van der Waals surface area contributed by atoms with Gasteiger partial charge in [-0.2, -0.15) is 0 Å². The normalized spacial score (nSPS) is 25.1. The van der Waals surface area contributed by atoms with Gasteiger partial charge in [0.2, 0.25) is 5.91 Å². The molecule has 1 fully saturated rings. The van der Waals surface area contributed by atoms with Crippen LogP contribution in [0.1, 0.15) is 43.9 Å². The summed E-state index contributed by atoms with van der Waals surface area (Å²) in [6.45, 7) is 6.89. The molecule has 1 amide bonds. The molecule has 1 N–H and O–H groups in total. The van der Waals surface area contributed by atoms with Crippen LogP contribution in [0.25, 0.3) is 17.2 Å². The minimum Gasteiger partial charge on any atom is -0.508 e. The van der Waals surface area contributed by atoms with Crippen molar-refractivity contribution in [2.45, 2.75) is 32.7 Å². The standard InChI is InChI=1S/C25H24N2O2/c1-24(2,3)27-15-25(13-22(27)29)11-10-16-12-17(28)8-9-18(16)23(25)20-14-26-21-7-5-4-6-19(20)21/h4-12,14,28H,13,15H2,1-3H3/b23-20+/t25-/m1/s1. The molecule has 29 heavy (non-hydrogen) atoms. The number of phenols is 1. The lowest BCUT2D eigenvalue weighted by Crippen LogP contribution is -2.43. The lowest BCUT2D eigenvalue weighted by Gasteiger charge is -2.37. The van der Waals surface area contributed by atoms with E-state index in [2.05, 4.69) is 44.0 Å².